The van der Waals surface area contributed by atoms with Crippen LogP contribution in [0.3, 0.4) is 0 Å². The van der Waals surface area contributed by atoms with Crippen LogP contribution in [0.2, 0.25) is 0 Å². The molecule has 0 unspecified atom stereocenters. The molecule has 0 aliphatic carbocycles. The van der Waals surface area contributed by atoms with Gasteiger partial charge >= 0.3 is 0 Å². The Morgan fingerprint density at radius 3 is 2.44 bits per heavy atom. The van der Waals surface area contributed by atoms with Crippen LogP contribution in [0.5, 0.6) is 0 Å². The van der Waals surface area contributed by atoms with E-state index in [2.05, 4.69) is 43.9 Å². The second kappa shape index (κ2) is 8.11. The zero-order valence-corrected chi connectivity index (χ0v) is 12.0. The lowest BCUT2D eigenvalue weighted by Gasteiger charge is -2.23. The Morgan fingerprint density at radius 2 is 1.83 bits per heavy atom. The summed E-state index contributed by atoms with van der Waals surface area (Å²) >= 11 is 0. The van der Waals surface area contributed by atoms with Crippen LogP contribution >= 0.6 is 0 Å². The third kappa shape index (κ3) is 4.67. The molecule has 0 heterocycles. The monoisotopic (exact) mass is 251 g/mol. The molecule has 0 aromatic heterocycles. The predicted molar refractivity (Wildman–Crippen MR) is 76.5 cm³/mol. The average Bonchev–Trinajstić information content (AvgIpc) is 2.37. The summed E-state index contributed by atoms with van der Waals surface area (Å²) in [6, 6.07) is 6.61. The first-order valence-electron chi connectivity index (χ1n) is 6.58. The molecule has 1 rings (SSSR count). The smallest absolute Gasteiger partial charge is 0.0701 e. The number of methoxy groups -OCH3 is 1. The van der Waals surface area contributed by atoms with E-state index in [9.17, 15) is 0 Å². The topological polar surface area (TPSA) is 21.7 Å². The minimum Gasteiger partial charge on any atom is -0.382 e. The molecule has 0 fully saturated rings. The van der Waals surface area contributed by atoms with Crippen molar-refractivity contribution in [2.24, 2.45) is 0 Å². The number of benzene rings is 1. The van der Waals surface area contributed by atoms with Gasteiger partial charge < -0.3 is 14.4 Å². The Hall–Kier alpha value is -1.06. The molecule has 0 aliphatic heterocycles. The van der Waals surface area contributed by atoms with Gasteiger partial charge in [-0.05, 0) is 44.0 Å². The lowest BCUT2D eigenvalue weighted by Crippen LogP contribution is -2.27. The number of hydrogen-bond acceptors (Lipinski definition) is 3. The van der Waals surface area contributed by atoms with E-state index in [1.807, 2.05) is 0 Å². The quantitative estimate of drug-likeness (QED) is 0.663. The summed E-state index contributed by atoms with van der Waals surface area (Å²) in [6.07, 6.45) is 0. The van der Waals surface area contributed by atoms with Gasteiger partial charge in [0.2, 0.25) is 0 Å². The molecule has 1 aromatic rings. The van der Waals surface area contributed by atoms with Gasteiger partial charge in [-0.15, -0.1) is 0 Å². The van der Waals surface area contributed by atoms with E-state index < -0.39 is 0 Å². The second-order valence-corrected chi connectivity index (χ2v) is 4.45. The van der Waals surface area contributed by atoms with E-state index in [0.717, 1.165) is 19.7 Å². The van der Waals surface area contributed by atoms with Gasteiger partial charge in [0.25, 0.3) is 0 Å². The SMILES string of the molecule is CCN(CCOCCOC)c1ccc(C)c(C)c1. The first kappa shape index (κ1) is 15.0. The number of likely N-dealkylation sites (N-methyl/N-ethyl adjacent to an activating group) is 1. The normalized spacial score (nSPS) is 10.7. The standard InChI is InChI=1S/C15H25NO2/c1-5-16(8-9-18-11-10-17-4)15-7-6-13(2)14(3)12-15/h6-7,12H,5,8-11H2,1-4H3. The summed E-state index contributed by atoms with van der Waals surface area (Å²) in [4.78, 5) is 2.33. The highest BCUT2D eigenvalue weighted by Gasteiger charge is 2.05. The number of hydrogen-bond donors (Lipinski definition) is 0. The van der Waals surface area contributed by atoms with Gasteiger partial charge in [0, 0.05) is 25.9 Å². The third-order valence-corrected chi connectivity index (χ3v) is 3.17. The summed E-state index contributed by atoms with van der Waals surface area (Å²) in [5, 5.41) is 0. The summed E-state index contributed by atoms with van der Waals surface area (Å²) in [6.45, 7) is 10.5. The van der Waals surface area contributed by atoms with Gasteiger partial charge in [-0.2, -0.15) is 0 Å². The highest BCUT2D eigenvalue weighted by Crippen LogP contribution is 2.18. The van der Waals surface area contributed by atoms with Crippen molar-refractivity contribution in [3.63, 3.8) is 0 Å². The molecule has 0 spiro atoms. The van der Waals surface area contributed by atoms with Gasteiger partial charge in [-0.3, -0.25) is 0 Å². The maximum absolute atomic E-state index is 5.52. The second-order valence-electron chi connectivity index (χ2n) is 4.45. The average molecular weight is 251 g/mol. The molecule has 3 nitrogen and oxygen atoms in total. The molecule has 0 aliphatic rings. The van der Waals surface area contributed by atoms with E-state index >= 15 is 0 Å². The van der Waals surface area contributed by atoms with E-state index in [1.165, 1.54) is 16.8 Å². The van der Waals surface area contributed by atoms with Gasteiger partial charge in [0.05, 0.1) is 19.8 Å². The number of anilines is 1. The van der Waals surface area contributed by atoms with E-state index in [4.69, 9.17) is 9.47 Å². The zero-order chi connectivity index (χ0) is 13.4. The molecule has 0 saturated heterocycles. The van der Waals surface area contributed by atoms with Crippen molar-refractivity contribution in [1.29, 1.82) is 0 Å². The number of rotatable bonds is 8. The molecular weight excluding hydrogens is 226 g/mol. The molecule has 0 N–H and O–H groups in total. The van der Waals surface area contributed by atoms with Crippen molar-refractivity contribution in [3.8, 4) is 0 Å². The van der Waals surface area contributed by atoms with Crippen LogP contribution in [0.1, 0.15) is 18.1 Å². The Balaban J connectivity index is 2.47. The van der Waals surface area contributed by atoms with Crippen molar-refractivity contribution in [3.05, 3.63) is 29.3 Å². The van der Waals surface area contributed by atoms with Gasteiger partial charge in [0.1, 0.15) is 0 Å². The molecule has 0 bridgehead atoms. The minimum absolute atomic E-state index is 0.662. The van der Waals surface area contributed by atoms with Crippen LogP contribution in [0.25, 0.3) is 0 Å². The lowest BCUT2D eigenvalue weighted by atomic mass is 10.1. The molecule has 1 aromatic carbocycles. The number of ether oxygens (including phenoxy) is 2. The van der Waals surface area contributed by atoms with E-state index in [-0.39, 0.29) is 0 Å². The van der Waals surface area contributed by atoms with Crippen molar-refractivity contribution >= 4 is 5.69 Å². The van der Waals surface area contributed by atoms with Crippen LogP contribution in [-0.2, 0) is 9.47 Å². The van der Waals surface area contributed by atoms with Crippen molar-refractivity contribution in [2.75, 3.05) is 44.9 Å². The van der Waals surface area contributed by atoms with Crippen molar-refractivity contribution < 1.29 is 9.47 Å². The van der Waals surface area contributed by atoms with Crippen molar-refractivity contribution in [2.45, 2.75) is 20.8 Å². The largest absolute Gasteiger partial charge is 0.382 e. The molecule has 0 atom stereocenters. The fraction of sp³-hybridized carbons (Fsp3) is 0.600. The molecular formula is C15H25NO2. The number of aryl methyl sites for hydroxylation is 2. The predicted octanol–water partition coefficient (Wildman–Crippen LogP) is 2.79. The Kier molecular flexibility index (Phi) is 6.76. The van der Waals surface area contributed by atoms with Crippen LogP contribution in [0, 0.1) is 13.8 Å². The van der Waals surface area contributed by atoms with Crippen LogP contribution in [0.4, 0.5) is 5.69 Å². The zero-order valence-electron chi connectivity index (χ0n) is 12.0. The Morgan fingerprint density at radius 1 is 1.06 bits per heavy atom. The van der Waals surface area contributed by atoms with Crippen LogP contribution in [0.15, 0.2) is 18.2 Å². The van der Waals surface area contributed by atoms with E-state index in [1.54, 1.807) is 7.11 Å². The summed E-state index contributed by atoms with van der Waals surface area (Å²) in [5.41, 5.74) is 3.95. The van der Waals surface area contributed by atoms with Crippen LogP contribution in [-0.4, -0.2) is 40.0 Å². The maximum Gasteiger partial charge on any atom is 0.0701 e. The summed E-state index contributed by atoms with van der Waals surface area (Å²) in [5.74, 6) is 0. The van der Waals surface area contributed by atoms with Crippen LogP contribution < -0.4 is 4.90 Å². The first-order chi connectivity index (χ1) is 8.69. The van der Waals surface area contributed by atoms with Crippen molar-refractivity contribution in [1.82, 2.24) is 0 Å². The fourth-order valence-corrected chi connectivity index (χ4v) is 1.81. The summed E-state index contributed by atoms with van der Waals surface area (Å²) < 4.78 is 10.5. The lowest BCUT2D eigenvalue weighted by molar-refractivity contribution is 0.0741. The minimum atomic E-state index is 0.662. The molecule has 3 heteroatoms. The highest BCUT2D eigenvalue weighted by molar-refractivity contribution is 5.50. The fourth-order valence-electron chi connectivity index (χ4n) is 1.81. The summed E-state index contributed by atoms with van der Waals surface area (Å²) in [7, 11) is 1.69. The highest BCUT2D eigenvalue weighted by atomic mass is 16.5. The molecule has 102 valence electrons. The van der Waals surface area contributed by atoms with Gasteiger partial charge in [-0.1, -0.05) is 6.07 Å². The van der Waals surface area contributed by atoms with Gasteiger partial charge in [0.15, 0.2) is 0 Å². The molecule has 18 heavy (non-hydrogen) atoms. The molecule has 0 radical (unpaired) electrons. The third-order valence-electron chi connectivity index (χ3n) is 3.17. The molecule has 0 amide bonds. The van der Waals surface area contributed by atoms with Gasteiger partial charge in [-0.25, -0.2) is 0 Å². The Bertz CT molecular complexity index is 352. The Labute approximate surface area is 111 Å². The maximum atomic E-state index is 5.52. The number of nitrogens with zero attached hydrogens (tertiary/aromatic N) is 1. The van der Waals surface area contributed by atoms with E-state index in [0.29, 0.717) is 13.2 Å². The first-order valence-corrected chi connectivity index (χ1v) is 6.58. The molecule has 0 saturated carbocycles.